The normalized spacial score (nSPS) is 17.4. The number of nitrogens with zero attached hydrogens (tertiary/aromatic N) is 2. The second-order valence-electron chi connectivity index (χ2n) is 4.32. The summed E-state index contributed by atoms with van der Waals surface area (Å²) in [5.41, 5.74) is 1.14. The van der Waals surface area contributed by atoms with E-state index in [0.29, 0.717) is 5.92 Å². The Labute approximate surface area is 111 Å². The zero-order chi connectivity index (χ0) is 11.1. The maximum Gasteiger partial charge on any atom is 0.133 e. The molecule has 2 nitrogen and oxygen atoms in total. The molecule has 84 valence electrons. The van der Waals surface area contributed by atoms with Gasteiger partial charge in [-0.15, -0.1) is 0 Å². The first kappa shape index (κ1) is 10.8. The minimum Gasteiger partial charge on any atom is -0.301 e. The van der Waals surface area contributed by atoms with Crippen molar-refractivity contribution >= 4 is 37.4 Å². The number of pyridine rings is 1. The third kappa shape index (κ3) is 1.63. The maximum absolute atomic E-state index is 4.68. The zero-order valence-corrected chi connectivity index (χ0v) is 12.0. The molecule has 0 aliphatic heterocycles. The number of imidazole rings is 1. The van der Waals surface area contributed by atoms with Gasteiger partial charge in [0.05, 0.1) is 5.52 Å². The van der Waals surface area contributed by atoms with Crippen LogP contribution in [0, 0.1) is 0 Å². The van der Waals surface area contributed by atoms with Crippen molar-refractivity contribution < 1.29 is 0 Å². The molecular formula is C12H12Br2N2. The van der Waals surface area contributed by atoms with Crippen molar-refractivity contribution in [2.24, 2.45) is 0 Å². The summed E-state index contributed by atoms with van der Waals surface area (Å²) in [4.78, 5) is 4.68. The summed E-state index contributed by atoms with van der Waals surface area (Å²) in [5.74, 6) is 1.84. The van der Waals surface area contributed by atoms with Crippen molar-refractivity contribution in [1.82, 2.24) is 9.38 Å². The van der Waals surface area contributed by atoms with E-state index in [2.05, 4.69) is 59.6 Å². The monoisotopic (exact) mass is 342 g/mol. The smallest absolute Gasteiger partial charge is 0.133 e. The summed E-state index contributed by atoms with van der Waals surface area (Å²) in [6.07, 6.45) is 7.33. The molecule has 16 heavy (non-hydrogen) atoms. The molecule has 4 heteroatoms. The molecule has 0 amide bonds. The molecule has 0 aromatic carbocycles. The molecule has 0 saturated heterocycles. The Morgan fingerprint density at radius 1 is 1.25 bits per heavy atom. The molecule has 1 fully saturated rings. The average Bonchev–Trinajstić information content (AvgIpc) is 2.86. The Morgan fingerprint density at radius 3 is 2.75 bits per heavy atom. The Morgan fingerprint density at radius 2 is 2.00 bits per heavy atom. The molecule has 0 bridgehead atoms. The molecule has 0 atom stereocenters. The van der Waals surface area contributed by atoms with Gasteiger partial charge in [-0.1, -0.05) is 12.8 Å². The van der Waals surface area contributed by atoms with Gasteiger partial charge in [-0.3, -0.25) is 0 Å². The highest BCUT2D eigenvalue weighted by atomic mass is 79.9. The lowest BCUT2D eigenvalue weighted by molar-refractivity contribution is 0.664. The highest BCUT2D eigenvalue weighted by Crippen LogP contribution is 2.36. The van der Waals surface area contributed by atoms with E-state index in [1.165, 1.54) is 31.5 Å². The van der Waals surface area contributed by atoms with Crippen LogP contribution in [0.2, 0.25) is 0 Å². The lowest BCUT2D eigenvalue weighted by Gasteiger charge is -2.07. The first-order valence-corrected chi connectivity index (χ1v) is 7.18. The molecule has 2 aromatic heterocycles. The maximum atomic E-state index is 4.68. The zero-order valence-electron chi connectivity index (χ0n) is 8.79. The summed E-state index contributed by atoms with van der Waals surface area (Å²) in [7, 11) is 0. The van der Waals surface area contributed by atoms with Crippen molar-refractivity contribution in [2.75, 3.05) is 0 Å². The number of aromatic nitrogens is 2. The Kier molecular flexibility index (Phi) is 2.80. The quantitative estimate of drug-likeness (QED) is 0.744. The lowest BCUT2D eigenvalue weighted by Crippen LogP contribution is -1.99. The van der Waals surface area contributed by atoms with Crippen molar-refractivity contribution in [3.8, 4) is 0 Å². The molecule has 1 aliphatic carbocycles. The van der Waals surface area contributed by atoms with Crippen LogP contribution in [-0.4, -0.2) is 9.38 Å². The van der Waals surface area contributed by atoms with Gasteiger partial charge in [0.25, 0.3) is 0 Å². The number of fused-ring (bicyclic) bond motifs is 1. The van der Waals surface area contributed by atoms with E-state index in [-0.39, 0.29) is 0 Å². The molecule has 0 radical (unpaired) electrons. The van der Waals surface area contributed by atoms with Crippen LogP contribution < -0.4 is 0 Å². The Balaban J connectivity index is 2.22. The van der Waals surface area contributed by atoms with Crippen LogP contribution in [-0.2, 0) is 0 Å². The van der Waals surface area contributed by atoms with Gasteiger partial charge in [-0.2, -0.15) is 0 Å². The molecule has 0 unspecified atom stereocenters. The molecule has 3 rings (SSSR count). The van der Waals surface area contributed by atoms with Crippen molar-refractivity contribution in [3.05, 3.63) is 33.2 Å². The number of rotatable bonds is 1. The van der Waals surface area contributed by atoms with Crippen LogP contribution in [0.3, 0.4) is 0 Å². The second kappa shape index (κ2) is 4.15. The highest BCUT2D eigenvalue weighted by Gasteiger charge is 2.23. The van der Waals surface area contributed by atoms with Crippen LogP contribution in [0.25, 0.3) is 5.52 Å². The fraction of sp³-hybridized carbons (Fsp3) is 0.417. The van der Waals surface area contributed by atoms with Crippen LogP contribution in [0.4, 0.5) is 0 Å². The van der Waals surface area contributed by atoms with Crippen LogP contribution in [0.1, 0.15) is 37.4 Å². The fourth-order valence-corrected chi connectivity index (χ4v) is 3.93. The number of hydrogen-bond acceptors (Lipinski definition) is 1. The third-order valence-electron chi connectivity index (χ3n) is 3.32. The lowest BCUT2D eigenvalue weighted by atomic mass is 10.1. The fourth-order valence-electron chi connectivity index (χ4n) is 2.55. The van der Waals surface area contributed by atoms with Gasteiger partial charge in [0.2, 0.25) is 0 Å². The summed E-state index contributed by atoms with van der Waals surface area (Å²) >= 11 is 7.13. The SMILES string of the molecule is Brc1cccn2c(C3CCCC3)nc(Br)c12. The van der Waals surface area contributed by atoms with Gasteiger partial charge in [-0.25, -0.2) is 4.98 Å². The van der Waals surface area contributed by atoms with Crippen molar-refractivity contribution in [3.63, 3.8) is 0 Å². The first-order chi connectivity index (χ1) is 7.77. The summed E-state index contributed by atoms with van der Waals surface area (Å²) in [5, 5.41) is 0. The van der Waals surface area contributed by atoms with Gasteiger partial charge in [0.1, 0.15) is 10.4 Å². The summed E-state index contributed by atoms with van der Waals surface area (Å²) < 4.78 is 4.25. The molecule has 2 aromatic rings. The molecule has 1 saturated carbocycles. The average molecular weight is 344 g/mol. The van der Waals surface area contributed by atoms with Crippen molar-refractivity contribution in [1.29, 1.82) is 0 Å². The van der Waals surface area contributed by atoms with E-state index >= 15 is 0 Å². The van der Waals surface area contributed by atoms with E-state index < -0.39 is 0 Å². The molecule has 2 heterocycles. The topological polar surface area (TPSA) is 17.3 Å². The second-order valence-corrected chi connectivity index (χ2v) is 5.92. The van der Waals surface area contributed by atoms with Crippen LogP contribution in [0.15, 0.2) is 27.4 Å². The minimum atomic E-state index is 0.632. The predicted octanol–water partition coefficient (Wildman–Crippen LogP) is 4.52. The van der Waals surface area contributed by atoms with E-state index in [4.69, 9.17) is 0 Å². The van der Waals surface area contributed by atoms with Gasteiger partial charge in [0.15, 0.2) is 0 Å². The number of halogens is 2. The van der Waals surface area contributed by atoms with Gasteiger partial charge < -0.3 is 4.40 Å². The largest absolute Gasteiger partial charge is 0.301 e. The standard InChI is InChI=1S/C12H12Br2N2/c13-9-6-3-7-16-10(9)11(14)15-12(16)8-4-1-2-5-8/h3,6-8H,1-2,4-5H2. The van der Waals surface area contributed by atoms with Gasteiger partial charge in [-0.05, 0) is 56.8 Å². The molecular weight excluding hydrogens is 332 g/mol. The van der Waals surface area contributed by atoms with E-state index in [1.54, 1.807) is 0 Å². The summed E-state index contributed by atoms with van der Waals surface area (Å²) in [6, 6.07) is 4.11. The van der Waals surface area contributed by atoms with E-state index in [9.17, 15) is 0 Å². The molecule has 1 aliphatic rings. The van der Waals surface area contributed by atoms with Gasteiger partial charge >= 0.3 is 0 Å². The number of hydrogen-bond donors (Lipinski definition) is 0. The van der Waals surface area contributed by atoms with Crippen LogP contribution in [0.5, 0.6) is 0 Å². The first-order valence-electron chi connectivity index (χ1n) is 5.59. The van der Waals surface area contributed by atoms with Gasteiger partial charge in [0, 0.05) is 16.6 Å². The van der Waals surface area contributed by atoms with E-state index in [1.807, 2.05) is 0 Å². The minimum absolute atomic E-state index is 0.632. The van der Waals surface area contributed by atoms with Crippen molar-refractivity contribution in [2.45, 2.75) is 31.6 Å². The van der Waals surface area contributed by atoms with E-state index in [0.717, 1.165) is 14.6 Å². The predicted molar refractivity (Wildman–Crippen MR) is 71.8 cm³/mol. The molecule has 0 N–H and O–H groups in total. The summed E-state index contributed by atoms with van der Waals surface area (Å²) in [6.45, 7) is 0. The Bertz CT molecular complexity index is 527. The van der Waals surface area contributed by atoms with Crippen LogP contribution >= 0.6 is 31.9 Å². The third-order valence-corrected chi connectivity index (χ3v) is 4.51. The Hall–Kier alpha value is -0.350. The highest BCUT2D eigenvalue weighted by molar-refractivity contribution is 9.11. The molecule has 0 spiro atoms.